The van der Waals surface area contributed by atoms with Crippen molar-refractivity contribution in [1.82, 2.24) is 0 Å². The molecule has 2 aromatic carbocycles. The van der Waals surface area contributed by atoms with Crippen molar-refractivity contribution in [2.75, 3.05) is 33.8 Å². The van der Waals surface area contributed by atoms with Crippen LogP contribution >= 0.6 is 0 Å². The molecule has 0 saturated heterocycles. The lowest BCUT2D eigenvalue weighted by molar-refractivity contribution is -0.132. The van der Waals surface area contributed by atoms with Gasteiger partial charge in [0.1, 0.15) is 17.2 Å². The van der Waals surface area contributed by atoms with Crippen molar-refractivity contribution in [1.29, 1.82) is 0 Å². The molecule has 0 aliphatic rings. The second-order valence-corrected chi connectivity index (χ2v) is 5.73. The molecule has 1 N–H and O–H groups in total. The molecule has 29 heavy (non-hydrogen) atoms. The van der Waals surface area contributed by atoms with E-state index in [1.54, 1.807) is 30.3 Å². The highest BCUT2D eigenvalue weighted by Crippen LogP contribution is 2.35. The van der Waals surface area contributed by atoms with Crippen molar-refractivity contribution >= 4 is 23.6 Å². The lowest BCUT2D eigenvalue weighted by Gasteiger charge is -2.12. The average Bonchev–Trinajstić information content (AvgIpc) is 2.71. The van der Waals surface area contributed by atoms with Crippen LogP contribution in [0.4, 0.5) is 5.69 Å². The molecule has 0 spiro atoms. The summed E-state index contributed by atoms with van der Waals surface area (Å²) in [7, 11) is 6.02. The Morgan fingerprint density at radius 1 is 0.828 bits per heavy atom. The molecular formula is C21H23NO7. The average molecular weight is 401 g/mol. The summed E-state index contributed by atoms with van der Waals surface area (Å²) in [6.45, 7) is 1.28. The van der Waals surface area contributed by atoms with Crippen LogP contribution in [-0.2, 0) is 9.59 Å². The summed E-state index contributed by atoms with van der Waals surface area (Å²) < 4.78 is 26.1. The SMILES string of the molecule is COc1cc(OC)c(/C=C/C(=O)Nc2ccc(OC)c(OC(C)=O)c2)c(OC)c1. The van der Waals surface area contributed by atoms with Crippen LogP contribution in [0, 0.1) is 0 Å². The van der Waals surface area contributed by atoms with E-state index < -0.39 is 11.9 Å². The molecule has 0 bridgehead atoms. The smallest absolute Gasteiger partial charge is 0.308 e. The Morgan fingerprint density at radius 3 is 1.97 bits per heavy atom. The molecule has 8 heteroatoms. The van der Waals surface area contributed by atoms with Crippen molar-refractivity contribution < 1.29 is 33.3 Å². The molecule has 8 nitrogen and oxygen atoms in total. The minimum Gasteiger partial charge on any atom is -0.496 e. The first-order valence-corrected chi connectivity index (χ1v) is 8.57. The van der Waals surface area contributed by atoms with E-state index in [2.05, 4.69) is 5.32 Å². The maximum absolute atomic E-state index is 12.4. The van der Waals surface area contributed by atoms with Gasteiger partial charge in [0.05, 0.1) is 34.0 Å². The predicted octanol–water partition coefficient (Wildman–Crippen LogP) is 3.30. The molecule has 0 atom stereocenters. The number of benzene rings is 2. The number of carbonyl (C=O) groups excluding carboxylic acids is 2. The van der Waals surface area contributed by atoms with E-state index in [1.165, 1.54) is 47.5 Å². The maximum atomic E-state index is 12.4. The van der Waals surface area contributed by atoms with Crippen LogP contribution in [0.5, 0.6) is 28.7 Å². The fourth-order valence-electron chi connectivity index (χ4n) is 2.53. The molecule has 0 aromatic heterocycles. The van der Waals surface area contributed by atoms with Crippen LogP contribution in [0.3, 0.4) is 0 Å². The fourth-order valence-corrected chi connectivity index (χ4v) is 2.53. The number of hydrogen-bond donors (Lipinski definition) is 1. The summed E-state index contributed by atoms with van der Waals surface area (Å²) in [5, 5.41) is 2.70. The highest BCUT2D eigenvalue weighted by atomic mass is 16.6. The Balaban J connectivity index is 2.23. The summed E-state index contributed by atoms with van der Waals surface area (Å²) in [5.41, 5.74) is 1.02. The third kappa shape index (κ3) is 5.65. The number of hydrogen-bond acceptors (Lipinski definition) is 7. The third-order valence-corrected chi connectivity index (χ3v) is 3.84. The van der Waals surface area contributed by atoms with Crippen LogP contribution in [0.25, 0.3) is 6.08 Å². The van der Waals surface area contributed by atoms with E-state index in [4.69, 9.17) is 23.7 Å². The first-order valence-electron chi connectivity index (χ1n) is 8.57. The minimum absolute atomic E-state index is 0.209. The molecule has 0 saturated carbocycles. The van der Waals surface area contributed by atoms with E-state index in [0.29, 0.717) is 34.2 Å². The topological polar surface area (TPSA) is 92.3 Å². The van der Waals surface area contributed by atoms with Crippen molar-refractivity contribution in [3.05, 3.63) is 42.0 Å². The summed E-state index contributed by atoms with van der Waals surface area (Å²) in [5.74, 6) is 1.24. The molecule has 0 radical (unpaired) electrons. The number of nitrogens with one attached hydrogen (secondary N) is 1. The predicted molar refractivity (Wildman–Crippen MR) is 108 cm³/mol. The number of rotatable bonds is 8. The fraction of sp³-hybridized carbons (Fsp3) is 0.238. The molecule has 0 unspecified atom stereocenters. The van der Waals surface area contributed by atoms with Crippen molar-refractivity contribution in [2.45, 2.75) is 6.92 Å². The summed E-state index contributed by atoms with van der Waals surface area (Å²) in [4.78, 5) is 23.6. The molecule has 154 valence electrons. The zero-order chi connectivity index (χ0) is 21.4. The second-order valence-electron chi connectivity index (χ2n) is 5.73. The molecule has 0 fully saturated rings. The summed E-state index contributed by atoms with van der Waals surface area (Å²) in [6, 6.07) is 8.10. The minimum atomic E-state index is -0.495. The second kappa shape index (κ2) is 10.0. The zero-order valence-corrected chi connectivity index (χ0v) is 16.9. The van der Waals surface area contributed by atoms with Gasteiger partial charge < -0.3 is 29.0 Å². The van der Waals surface area contributed by atoms with Crippen LogP contribution in [0.15, 0.2) is 36.4 Å². The van der Waals surface area contributed by atoms with Crippen LogP contribution in [0.2, 0.25) is 0 Å². The van der Waals surface area contributed by atoms with E-state index in [-0.39, 0.29) is 5.75 Å². The lowest BCUT2D eigenvalue weighted by Crippen LogP contribution is -2.09. The quantitative estimate of drug-likeness (QED) is 0.412. The Kier molecular flexibility index (Phi) is 7.47. The van der Waals surface area contributed by atoms with Crippen LogP contribution < -0.4 is 29.0 Å². The maximum Gasteiger partial charge on any atom is 0.308 e. The Hall–Kier alpha value is -3.68. The molecule has 2 aromatic rings. The van der Waals surface area contributed by atoms with Gasteiger partial charge in [-0.2, -0.15) is 0 Å². The lowest BCUT2D eigenvalue weighted by atomic mass is 10.1. The van der Waals surface area contributed by atoms with Gasteiger partial charge >= 0.3 is 5.97 Å². The van der Waals surface area contributed by atoms with Gasteiger partial charge in [-0.1, -0.05) is 0 Å². The van der Waals surface area contributed by atoms with Gasteiger partial charge in [0, 0.05) is 36.9 Å². The molecule has 1 amide bonds. The molecule has 2 rings (SSSR count). The summed E-state index contributed by atoms with van der Waals surface area (Å²) in [6.07, 6.45) is 2.91. The van der Waals surface area contributed by atoms with E-state index in [9.17, 15) is 9.59 Å². The van der Waals surface area contributed by atoms with Gasteiger partial charge in [-0.15, -0.1) is 0 Å². The molecule has 0 aliphatic heterocycles. The number of esters is 1. The number of methoxy groups -OCH3 is 4. The number of ether oxygens (including phenoxy) is 5. The standard InChI is InChI=1S/C21H23NO7/c1-13(23)29-20-10-14(6-8-17(20)26-3)22-21(24)9-7-16-18(27-4)11-15(25-2)12-19(16)28-5/h6-12H,1-5H3,(H,22,24)/b9-7+. The monoisotopic (exact) mass is 401 g/mol. The van der Waals surface area contributed by atoms with E-state index in [0.717, 1.165) is 0 Å². The van der Waals surface area contributed by atoms with Crippen molar-refractivity contribution in [3.8, 4) is 28.7 Å². The number of anilines is 1. The molecule has 0 heterocycles. The van der Waals surface area contributed by atoms with Gasteiger partial charge in [-0.25, -0.2) is 0 Å². The molecule has 0 aliphatic carbocycles. The zero-order valence-electron chi connectivity index (χ0n) is 16.9. The normalized spacial score (nSPS) is 10.4. The van der Waals surface area contributed by atoms with Gasteiger partial charge in [-0.3, -0.25) is 9.59 Å². The number of carbonyl (C=O) groups is 2. The van der Waals surface area contributed by atoms with Gasteiger partial charge in [-0.05, 0) is 18.2 Å². The van der Waals surface area contributed by atoms with Crippen molar-refractivity contribution in [2.24, 2.45) is 0 Å². The van der Waals surface area contributed by atoms with E-state index in [1.807, 2.05) is 0 Å². The Labute approximate surface area is 169 Å². The van der Waals surface area contributed by atoms with Gasteiger partial charge in [0.2, 0.25) is 5.91 Å². The highest BCUT2D eigenvalue weighted by Gasteiger charge is 2.12. The van der Waals surface area contributed by atoms with Gasteiger partial charge in [0.25, 0.3) is 0 Å². The van der Waals surface area contributed by atoms with E-state index >= 15 is 0 Å². The van der Waals surface area contributed by atoms with Crippen LogP contribution in [0.1, 0.15) is 12.5 Å². The Morgan fingerprint density at radius 2 is 1.45 bits per heavy atom. The number of amides is 1. The Bertz CT molecular complexity index is 896. The first kappa shape index (κ1) is 21.6. The summed E-state index contributed by atoms with van der Waals surface area (Å²) >= 11 is 0. The largest absolute Gasteiger partial charge is 0.496 e. The first-order chi connectivity index (χ1) is 13.9. The molecular weight excluding hydrogens is 378 g/mol. The van der Waals surface area contributed by atoms with Crippen LogP contribution in [-0.4, -0.2) is 40.3 Å². The van der Waals surface area contributed by atoms with Gasteiger partial charge in [0.15, 0.2) is 11.5 Å². The highest BCUT2D eigenvalue weighted by molar-refractivity contribution is 6.02. The van der Waals surface area contributed by atoms with Crippen molar-refractivity contribution in [3.63, 3.8) is 0 Å². The third-order valence-electron chi connectivity index (χ3n) is 3.84.